The van der Waals surface area contributed by atoms with Crippen LogP contribution < -0.4 is 16.2 Å². The Kier molecular flexibility index (Phi) is 9.58. The summed E-state index contributed by atoms with van der Waals surface area (Å²) in [7, 11) is 0. The van der Waals surface area contributed by atoms with Crippen LogP contribution in [0.2, 0.25) is 10.0 Å². The minimum atomic E-state index is -0.413. The lowest BCUT2D eigenvalue weighted by atomic mass is 10.2. The van der Waals surface area contributed by atoms with E-state index in [1.807, 2.05) is 0 Å². The van der Waals surface area contributed by atoms with Gasteiger partial charge in [-0.25, -0.2) is 4.98 Å². The Labute approximate surface area is 177 Å². The third-order valence-electron chi connectivity index (χ3n) is 3.63. The molecule has 156 valence electrons. The summed E-state index contributed by atoms with van der Waals surface area (Å²) < 4.78 is 10.3. The largest absolute Gasteiger partial charge is 0.377 e. The molecule has 11 heteroatoms. The Balaban J connectivity index is 1.89. The number of halogens is 2. The average molecular weight is 442 g/mol. The van der Waals surface area contributed by atoms with Crippen molar-refractivity contribution in [2.24, 2.45) is 0 Å². The molecule has 0 aliphatic rings. The summed E-state index contributed by atoms with van der Waals surface area (Å²) in [5, 5.41) is 14.3. The minimum Gasteiger partial charge on any atom is -0.377 e. The van der Waals surface area contributed by atoms with Crippen LogP contribution in [0.3, 0.4) is 0 Å². The van der Waals surface area contributed by atoms with Gasteiger partial charge in [-0.3, -0.25) is 9.78 Å². The van der Waals surface area contributed by atoms with E-state index < -0.39 is 5.56 Å². The van der Waals surface area contributed by atoms with Crippen molar-refractivity contribution in [3.8, 4) is 0 Å². The predicted molar refractivity (Wildman–Crippen MR) is 113 cm³/mol. The van der Waals surface area contributed by atoms with Crippen LogP contribution in [0.5, 0.6) is 0 Å². The van der Waals surface area contributed by atoms with E-state index in [9.17, 15) is 9.59 Å². The molecule has 1 heterocycles. The van der Waals surface area contributed by atoms with Crippen molar-refractivity contribution < 1.29 is 14.3 Å². The summed E-state index contributed by atoms with van der Waals surface area (Å²) >= 11 is 11.9. The number of hydrogen-bond donors (Lipinski definition) is 4. The van der Waals surface area contributed by atoms with E-state index in [2.05, 4.69) is 20.6 Å². The fourth-order valence-electron chi connectivity index (χ4n) is 2.28. The third kappa shape index (κ3) is 7.47. The van der Waals surface area contributed by atoms with Crippen LogP contribution >= 0.6 is 23.2 Å². The molecule has 1 aromatic carbocycles. The first kappa shape index (κ1) is 22.8. The number of ether oxygens (including phenoxy) is 2. The maximum absolute atomic E-state index is 12.3. The summed E-state index contributed by atoms with van der Waals surface area (Å²) in [6, 6.07) is 5.20. The van der Waals surface area contributed by atoms with Gasteiger partial charge >= 0.3 is 0 Å². The molecule has 29 heavy (non-hydrogen) atoms. The predicted octanol–water partition coefficient (Wildman–Crippen LogP) is 2.33. The molecule has 0 saturated heterocycles. The average Bonchev–Trinajstić information content (AvgIpc) is 2.71. The Morgan fingerprint density at radius 1 is 1.14 bits per heavy atom. The van der Waals surface area contributed by atoms with Gasteiger partial charge in [0.2, 0.25) is 5.95 Å². The van der Waals surface area contributed by atoms with Crippen molar-refractivity contribution in [3.63, 3.8) is 0 Å². The van der Waals surface area contributed by atoms with Crippen LogP contribution in [0.25, 0.3) is 0 Å². The maximum Gasteiger partial charge on any atom is 0.276 e. The summed E-state index contributed by atoms with van der Waals surface area (Å²) in [5.74, 6) is 0.230. The van der Waals surface area contributed by atoms with Crippen molar-refractivity contribution in [2.75, 3.05) is 43.6 Å². The molecule has 2 rings (SSSR count). The molecule has 1 aromatic heterocycles. The molecule has 0 radical (unpaired) electrons. The maximum atomic E-state index is 12.3. The molecule has 9 nitrogen and oxygen atoms in total. The van der Waals surface area contributed by atoms with Crippen molar-refractivity contribution in [1.29, 1.82) is 5.41 Å². The number of nitrogens with zero attached hydrogens (tertiary/aromatic N) is 1. The zero-order chi connectivity index (χ0) is 21.1. The number of benzene rings is 1. The monoisotopic (exact) mass is 441 g/mol. The van der Waals surface area contributed by atoms with E-state index in [1.54, 1.807) is 18.2 Å². The molecule has 4 N–H and O–H groups in total. The smallest absolute Gasteiger partial charge is 0.276 e. The first-order valence-electron chi connectivity index (χ1n) is 8.70. The number of aromatic nitrogens is 2. The molecule has 0 aliphatic carbocycles. The summed E-state index contributed by atoms with van der Waals surface area (Å²) in [6.07, 6.45) is 1.67. The first-order chi connectivity index (χ1) is 14.0. The summed E-state index contributed by atoms with van der Waals surface area (Å²) in [6.45, 7) is 1.71. The fourth-order valence-corrected chi connectivity index (χ4v) is 2.61. The standard InChI is InChI=1S/C18H21Cl2N5O4/c19-13-2-1-12(9-14(13)20)11-23-18-24-15(10-21)16(17(27)25-18)22-3-5-28-7-8-29-6-4-26/h1-2,4,9-10,21-22H,3,5-8,11H2,(H2,23,24,25,27). The lowest BCUT2D eigenvalue weighted by Crippen LogP contribution is -2.23. The van der Waals surface area contributed by atoms with Gasteiger partial charge in [0.05, 0.1) is 29.9 Å². The van der Waals surface area contributed by atoms with Crippen LogP contribution in [0.15, 0.2) is 23.0 Å². The van der Waals surface area contributed by atoms with Crippen molar-refractivity contribution in [2.45, 2.75) is 6.54 Å². The highest BCUT2D eigenvalue weighted by atomic mass is 35.5. The van der Waals surface area contributed by atoms with E-state index >= 15 is 0 Å². The molecule has 0 fully saturated rings. The molecule has 2 aromatic rings. The van der Waals surface area contributed by atoms with Crippen molar-refractivity contribution >= 4 is 47.3 Å². The van der Waals surface area contributed by atoms with Crippen LogP contribution in [0, 0.1) is 5.41 Å². The number of nitrogens with one attached hydrogen (secondary N) is 4. The van der Waals surface area contributed by atoms with E-state index in [-0.39, 0.29) is 23.9 Å². The van der Waals surface area contributed by atoms with E-state index in [4.69, 9.17) is 38.1 Å². The Morgan fingerprint density at radius 3 is 2.66 bits per heavy atom. The number of anilines is 2. The summed E-state index contributed by atoms with van der Waals surface area (Å²) in [5.41, 5.74) is 0.819. The zero-order valence-corrected chi connectivity index (χ0v) is 17.0. The number of carbonyl (C=O) groups excluding carboxylic acids is 1. The number of aromatic amines is 1. The molecule has 0 amide bonds. The Hall–Kier alpha value is -2.46. The van der Waals surface area contributed by atoms with Gasteiger partial charge in [0.15, 0.2) is 0 Å². The zero-order valence-electron chi connectivity index (χ0n) is 15.5. The van der Waals surface area contributed by atoms with Gasteiger partial charge in [-0.2, -0.15) is 0 Å². The van der Waals surface area contributed by atoms with Gasteiger partial charge in [0.25, 0.3) is 5.56 Å². The van der Waals surface area contributed by atoms with Gasteiger partial charge in [-0.1, -0.05) is 29.3 Å². The molecule has 0 aliphatic heterocycles. The highest BCUT2D eigenvalue weighted by molar-refractivity contribution is 6.42. The number of hydrogen-bond acceptors (Lipinski definition) is 8. The van der Waals surface area contributed by atoms with Crippen molar-refractivity contribution in [3.05, 3.63) is 49.9 Å². The summed E-state index contributed by atoms with van der Waals surface area (Å²) in [4.78, 5) is 29.3. The van der Waals surface area contributed by atoms with E-state index in [1.165, 1.54) is 0 Å². The molecular formula is C18H21Cl2N5O4. The van der Waals surface area contributed by atoms with Gasteiger partial charge < -0.3 is 30.3 Å². The topological polar surface area (TPSA) is 129 Å². The van der Waals surface area contributed by atoms with Gasteiger partial charge in [-0.15, -0.1) is 0 Å². The van der Waals surface area contributed by atoms with Crippen LogP contribution in [-0.2, 0) is 20.8 Å². The molecule has 0 saturated carbocycles. The quantitative estimate of drug-likeness (QED) is 0.213. The second kappa shape index (κ2) is 12.2. The molecular weight excluding hydrogens is 421 g/mol. The highest BCUT2D eigenvalue weighted by Gasteiger charge is 2.10. The van der Waals surface area contributed by atoms with Crippen LogP contribution in [-0.4, -0.2) is 55.4 Å². The second-order valence-electron chi connectivity index (χ2n) is 5.70. The highest BCUT2D eigenvalue weighted by Crippen LogP contribution is 2.22. The lowest BCUT2D eigenvalue weighted by Gasteiger charge is -2.11. The minimum absolute atomic E-state index is 0.0385. The number of aldehydes is 1. The number of rotatable bonds is 13. The fraction of sp³-hybridized carbons (Fsp3) is 0.333. The third-order valence-corrected chi connectivity index (χ3v) is 4.37. The first-order valence-corrected chi connectivity index (χ1v) is 9.46. The van der Waals surface area contributed by atoms with Gasteiger partial charge in [0, 0.05) is 19.3 Å². The molecule has 0 bridgehead atoms. The molecule has 0 atom stereocenters. The molecule has 0 spiro atoms. The van der Waals surface area contributed by atoms with Crippen LogP contribution in [0.4, 0.5) is 11.6 Å². The van der Waals surface area contributed by atoms with Gasteiger partial charge in [0.1, 0.15) is 24.3 Å². The normalized spacial score (nSPS) is 10.6. The van der Waals surface area contributed by atoms with Crippen molar-refractivity contribution in [1.82, 2.24) is 9.97 Å². The Bertz CT molecular complexity index is 891. The second-order valence-corrected chi connectivity index (χ2v) is 6.52. The molecule has 0 unspecified atom stereocenters. The van der Waals surface area contributed by atoms with Crippen LogP contribution in [0.1, 0.15) is 11.3 Å². The van der Waals surface area contributed by atoms with E-state index in [0.717, 1.165) is 11.8 Å². The number of carbonyl (C=O) groups is 1. The number of H-pyrrole nitrogens is 1. The Morgan fingerprint density at radius 2 is 1.93 bits per heavy atom. The lowest BCUT2D eigenvalue weighted by molar-refractivity contribution is -0.112. The van der Waals surface area contributed by atoms with Gasteiger partial charge in [-0.05, 0) is 17.7 Å². The van der Waals surface area contributed by atoms with E-state index in [0.29, 0.717) is 49.2 Å². The SMILES string of the molecule is N=Cc1nc(NCc2ccc(Cl)c(Cl)c2)[nH]c(=O)c1NCCOCCOCC=O.